The molecule has 0 amide bonds. The van der Waals surface area contributed by atoms with Gasteiger partial charge in [-0.3, -0.25) is 0 Å². The minimum atomic E-state index is -4.78. The van der Waals surface area contributed by atoms with Gasteiger partial charge in [-0.1, -0.05) is 0 Å². The van der Waals surface area contributed by atoms with Crippen molar-refractivity contribution in [3.05, 3.63) is 0 Å². The summed E-state index contributed by atoms with van der Waals surface area (Å²) in [7, 11) is -4.78. The van der Waals surface area contributed by atoms with Crippen LogP contribution in [0, 0.1) is 0 Å². The number of hydrogen-bond donors (Lipinski definition) is 2. The van der Waals surface area contributed by atoms with E-state index in [1.54, 1.807) is 0 Å². The van der Waals surface area contributed by atoms with E-state index in [0.29, 0.717) is 0 Å². The van der Waals surface area contributed by atoms with Gasteiger partial charge < -0.3 is 0 Å². The Morgan fingerprint density at radius 1 is 1.30 bits per heavy atom. The predicted molar refractivity (Wildman–Crippen MR) is 21.7 cm³/mol. The molecule has 0 unspecified atom stereocenters. The minimum absolute atomic E-state index is 0. The first-order valence-corrected chi connectivity index (χ1v) is 4.55. The summed E-state index contributed by atoms with van der Waals surface area (Å²) < 4.78 is 31.5. The fourth-order valence-corrected chi connectivity index (χ4v) is 1.07. The molecule has 0 bridgehead atoms. The molecule has 6 nitrogen and oxygen atoms in total. The second-order valence-electron chi connectivity index (χ2n) is 0.796. The van der Waals surface area contributed by atoms with Gasteiger partial charge in [-0.2, -0.15) is 0 Å². The molecule has 0 atom stereocenters. The van der Waals surface area contributed by atoms with E-state index in [1.165, 1.54) is 0 Å². The van der Waals surface area contributed by atoms with Crippen molar-refractivity contribution in [3.8, 4) is 0 Å². The molecule has 0 aromatic rings. The molecule has 0 aliphatic carbocycles. The van der Waals surface area contributed by atoms with Crippen LogP contribution >= 0.6 is 7.82 Å². The third-order valence-electron chi connectivity index (χ3n) is 0.173. The second kappa shape index (κ2) is 7.46. The van der Waals surface area contributed by atoms with Crippen LogP contribution in [0.15, 0.2) is 0 Å². The first kappa shape index (κ1) is 17.8. The predicted octanol–water partition coefficient (Wildman–Crippen LogP) is -1.33. The summed E-state index contributed by atoms with van der Waals surface area (Å²) in [5, 5.41) is 0. The number of rotatable bonds is 2. The molecule has 0 aromatic heterocycles. The summed E-state index contributed by atoms with van der Waals surface area (Å²) in [4.78, 5) is 15.4. The monoisotopic (exact) mass is 259 g/mol. The van der Waals surface area contributed by atoms with Gasteiger partial charge in [0.1, 0.15) is 0 Å². The van der Waals surface area contributed by atoms with E-state index in [-0.39, 0.29) is 46.6 Å². The van der Waals surface area contributed by atoms with Crippen LogP contribution in [-0.2, 0) is 47.8 Å². The zero-order chi connectivity index (χ0) is 6.78. The van der Waals surface area contributed by atoms with Crippen molar-refractivity contribution in [1.29, 1.82) is 0 Å². The van der Waals surface area contributed by atoms with Crippen LogP contribution in [0.25, 0.3) is 0 Å². The van der Waals surface area contributed by atoms with Crippen molar-refractivity contribution in [2.45, 2.75) is 0 Å². The Kier molecular flexibility index (Phi) is 13.3. The Balaban J connectivity index is -0.000000245. The van der Waals surface area contributed by atoms with Crippen LogP contribution < -0.4 is 0 Å². The maximum absolute atomic E-state index is 9.55. The first-order valence-electron chi connectivity index (χ1n) is 1.31. The van der Waals surface area contributed by atoms with E-state index in [4.69, 9.17) is 9.79 Å². The van der Waals surface area contributed by atoms with Gasteiger partial charge in [0.25, 0.3) is 0 Å². The molecule has 0 aliphatic heterocycles. The molecule has 0 rings (SSSR count). The topological polar surface area (TPSA) is 101 Å². The summed E-state index contributed by atoms with van der Waals surface area (Å²) in [5.74, 6) is 0. The Labute approximate surface area is 94.1 Å². The Morgan fingerprint density at radius 3 is 1.60 bits per heavy atom. The van der Waals surface area contributed by atoms with E-state index in [1.807, 2.05) is 0 Å². The standard InChI is InChI=1S/Mn.Na.H3O4P.2O.V.H/c;;1-5(2,3)4;;;;/h;;(H3,1,2,3,4);;;;/q;;;;;+1;/p-1. The van der Waals surface area contributed by atoms with Gasteiger partial charge in [-0.15, -0.1) is 0 Å². The molecule has 10 heteroatoms. The molecule has 1 radical (unpaired) electrons. The quantitative estimate of drug-likeness (QED) is 0.470. The summed E-state index contributed by atoms with van der Waals surface area (Å²) in [5.41, 5.74) is 0. The van der Waals surface area contributed by atoms with Crippen LogP contribution in [0.5, 0.6) is 0 Å². The van der Waals surface area contributed by atoms with Gasteiger partial charge in [0, 0.05) is 17.1 Å². The van der Waals surface area contributed by atoms with E-state index in [9.17, 15) is 11.9 Å². The second-order valence-corrected chi connectivity index (χ2v) is 3.40. The van der Waals surface area contributed by atoms with Gasteiger partial charge in [-0.05, 0) is 0 Å². The summed E-state index contributed by atoms with van der Waals surface area (Å²) >= 11 is -4.12. The van der Waals surface area contributed by atoms with Crippen molar-refractivity contribution >= 4 is 37.4 Å². The normalized spacial score (nSPS) is 9.00. The van der Waals surface area contributed by atoms with E-state index < -0.39 is 23.2 Å². The van der Waals surface area contributed by atoms with Crippen LogP contribution in [0.2, 0.25) is 0 Å². The number of hydrogen-bond acceptors (Lipinski definition) is 4. The molecule has 0 aromatic carbocycles. The van der Waals surface area contributed by atoms with Gasteiger partial charge in [0.2, 0.25) is 0 Å². The van der Waals surface area contributed by atoms with Crippen LogP contribution in [-0.4, -0.2) is 39.3 Å². The van der Waals surface area contributed by atoms with E-state index >= 15 is 0 Å². The molecule has 0 saturated heterocycles. The molecule has 0 saturated carbocycles. The molecule has 0 fully saturated rings. The van der Waals surface area contributed by atoms with Crippen molar-refractivity contribution in [3.63, 3.8) is 0 Å². The molecule has 0 heterocycles. The van der Waals surface area contributed by atoms with Crippen LogP contribution in [0.1, 0.15) is 0 Å². The zero-order valence-corrected chi connectivity index (χ0v) is 7.27. The summed E-state index contributed by atoms with van der Waals surface area (Å²) in [6, 6.07) is 0. The summed E-state index contributed by atoms with van der Waals surface area (Å²) in [6.07, 6.45) is 0. The molecule has 0 aliphatic rings. The van der Waals surface area contributed by atoms with Gasteiger partial charge >= 0.3 is 77.9 Å². The van der Waals surface area contributed by atoms with Crippen molar-refractivity contribution in [1.82, 2.24) is 0 Å². The van der Waals surface area contributed by atoms with Crippen molar-refractivity contribution in [2.75, 3.05) is 0 Å². The molecule has 10 heavy (non-hydrogen) atoms. The first-order chi connectivity index (χ1) is 3.42. The zero-order valence-electron chi connectivity index (χ0n) is 3.80. The summed E-state index contributed by atoms with van der Waals surface area (Å²) in [6.45, 7) is 0. The van der Waals surface area contributed by atoms with E-state index in [0.717, 1.165) is 0 Å². The molecule has 0 spiro atoms. The average molecular weight is 259 g/mol. The third-order valence-corrected chi connectivity index (χ3v) is 2.14. The fourth-order valence-electron chi connectivity index (χ4n) is 0.0868. The maximum atomic E-state index is 9.55. The fraction of sp³-hybridized carbons (Fsp3) is 0. The van der Waals surface area contributed by atoms with Crippen molar-refractivity contribution in [2.24, 2.45) is 0 Å². The Bertz CT molecular complexity index is 172. The number of phosphoric acid groups is 1. The molecular weight excluding hydrogens is 256 g/mol. The van der Waals surface area contributed by atoms with Crippen LogP contribution in [0.3, 0.4) is 0 Å². The van der Waals surface area contributed by atoms with Crippen LogP contribution in [0.4, 0.5) is 0 Å². The van der Waals surface area contributed by atoms with Gasteiger partial charge in [0.15, 0.2) is 0 Å². The Morgan fingerprint density at radius 2 is 1.60 bits per heavy atom. The average Bonchev–Trinajstić information content (AvgIpc) is 1.21. The third kappa shape index (κ3) is 16.4. The van der Waals surface area contributed by atoms with E-state index in [2.05, 4.69) is 3.45 Å². The molecular formula is H3MnNaO6PV. The Hall–Kier alpha value is 1.81. The van der Waals surface area contributed by atoms with Crippen molar-refractivity contribution < 1.29 is 57.6 Å². The van der Waals surface area contributed by atoms with Gasteiger partial charge in [-0.25, -0.2) is 0 Å². The van der Waals surface area contributed by atoms with Gasteiger partial charge in [0.05, 0.1) is 0 Å². The SMILES string of the molecule is [Mn].[NaH].[O]=[V](=[O])[O]P(=O)(O)O. The molecule has 57 valence electrons. The molecule has 2 N–H and O–H groups in total.